The number of aromatic carboxylic acids is 1. The Kier molecular flexibility index (Phi) is 2.58. The molecule has 1 unspecified atom stereocenters. The highest BCUT2D eigenvalue weighted by molar-refractivity contribution is 5.86. The molecule has 0 amide bonds. The third-order valence-electron chi connectivity index (χ3n) is 3.11. The van der Waals surface area contributed by atoms with Crippen LogP contribution in [0.1, 0.15) is 48.3 Å². The van der Waals surface area contributed by atoms with Crippen LogP contribution in [0.2, 0.25) is 0 Å². The molecule has 1 heterocycles. The first-order valence-electron chi connectivity index (χ1n) is 5.39. The fraction of sp³-hybridized carbons (Fsp3) is 0.500. The third-order valence-corrected chi connectivity index (χ3v) is 3.11. The van der Waals surface area contributed by atoms with E-state index in [0.717, 1.165) is 19.3 Å². The first-order chi connectivity index (χ1) is 7.53. The van der Waals surface area contributed by atoms with Crippen molar-refractivity contribution >= 4 is 5.97 Å². The van der Waals surface area contributed by atoms with Crippen molar-refractivity contribution in [1.82, 2.24) is 4.98 Å². The summed E-state index contributed by atoms with van der Waals surface area (Å²) in [5.74, 6) is -0.0903. The van der Waals surface area contributed by atoms with E-state index in [1.54, 1.807) is 6.92 Å². The third kappa shape index (κ3) is 1.75. The first kappa shape index (κ1) is 10.9. The molecule has 0 fully saturated rings. The minimum Gasteiger partial charge on any atom is -0.476 e. The Balaban J connectivity index is 2.37. The lowest BCUT2D eigenvalue weighted by molar-refractivity contribution is 0.0689. The van der Waals surface area contributed by atoms with Crippen molar-refractivity contribution in [3.05, 3.63) is 29.5 Å². The molecular formula is C12H15NO3. The molecule has 0 aliphatic heterocycles. The Morgan fingerprint density at radius 2 is 2.31 bits per heavy atom. The lowest BCUT2D eigenvalue weighted by Gasteiger charge is -2.26. The summed E-state index contributed by atoms with van der Waals surface area (Å²) in [5.41, 5.74) is -0.126. The molecule has 0 saturated heterocycles. The second kappa shape index (κ2) is 3.77. The summed E-state index contributed by atoms with van der Waals surface area (Å²) in [4.78, 5) is 15.0. The molecule has 0 saturated carbocycles. The minimum atomic E-state index is -1.03. The summed E-state index contributed by atoms with van der Waals surface area (Å²) in [6.07, 6.45) is 7.02. The highest BCUT2D eigenvalue weighted by Crippen LogP contribution is 2.36. The fourth-order valence-electron chi connectivity index (χ4n) is 2.01. The number of hydrogen-bond acceptors (Lipinski definition) is 3. The second-order valence-electron chi connectivity index (χ2n) is 4.50. The van der Waals surface area contributed by atoms with Crippen molar-refractivity contribution in [3.63, 3.8) is 0 Å². The lowest BCUT2D eigenvalue weighted by Crippen LogP contribution is -2.23. The van der Waals surface area contributed by atoms with Gasteiger partial charge in [-0.1, -0.05) is 19.1 Å². The number of aryl methyl sites for hydroxylation is 1. The topological polar surface area (TPSA) is 63.3 Å². The normalized spacial score (nSPS) is 24.6. The SMILES string of the molecule is Cc1oc(C2(C)CC=CCC2)nc1C(=O)O. The highest BCUT2D eigenvalue weighted by Gasteiger charge is 2.33. The van der Waals surface area contributed by atoms with Gasteiger partial charge in [0, 0.05) is 5.41 Å². The Bertz CT molecular complexity index is 447. The quantitative estimate of drug-likeness (QED) is 0.780. The van der Waals surface area contributed by atoms with Crippen molar-refractivity contribution in [1.29, 1.82) is 0 Å². The molecular weight excluding hydrogens is 206 g/mol. The Morgan fingerprint density at radius 1 is 1.56 bits per heavy atom. The van der Waals surface area contributed by atoms with E-state index in [1.807, 2.05) is 0 Å². The highest BCUT2D eigenvalue weighted by atomic mass is 16.4. The number of carboxylic acid groups (broad SMARTS) is 1. The molecule has 1 aliphatic carbocycles. The van der Waals surface area contributed by atoms with Crippen LogP contribution < -0.4 is 0 Å². The average molecular weight is 221 g/mol. The Labute approximate surface area is 94.0 Å². The summed E-state index contributed by atoms with van der Waals surface area (Å²) < 4.78 is 5.49. The predicted molar refractivity (Wildman–Crippen MR) is 58.5 cm³/mol. The van der Waals surface area contributed by atoms with Crippen LogP contribution in [0.5, 0.6) is 0 Å². The zero-order chi connectivity index (χ0) is 11.8. The summed E-state index contributed by atoms with van der Waals surface area (Å²) in [5, 5.41) is 8.92. The summed E-state index contributed by atoms with van der Waals surface area (Å²) in [7, 11) is 0. The van der Waals surface area contributed by atoms with Crippen molar-refractivity contribution in [3.8, 4) is 0 Å². The molecule has 0 bridgehead atoms. The number of rotatable bonds is 2. The molecule has 1 N–H and O–H groups in total. The van der Waals surface area contributed by atoms with Gasteiger partial charge in [-0.05, 0) is 26.2 Å². The monoisotopic (exact) mass is 221 g/mol. The molecule has 86 valence electrons. The van der Waals surface area contributed by atoms with Crippen molar-refractivity contribution in [2.75, 3.05) is 0 Å². The lowest BCUT2D eigenvalue weighted by atomic mass is 9.79. The summed E-state index contributed by atoms with van der Waals surface area (Å²) in [6, 6.07) is 0. The number of carbonyl (C=O) groups is 1. The van der Waals surface area contributed by atoms with Gasteiger partial charge in [0.2, 0.25) is 5.89 Å². The summed E-state index contributed by atoms with van der Waals surface area (Å²) in [6.45, 7) is 3.70. The van der Waals surface area contributed by atoms with Gasteiger partial charge in [0.15, 0.2) is 5.69 Å². The van der Waals surface area contributed by atoms with Gasteiger partial charge in [-0.25, -0.2) is 9.78 Å². The second-order valence-corrected chi connectivity index (χ2v) is 4.50. The standard InChI is InChI=1S/C12H15NO3/c1-8-9(10(14)15)13-11(16-8)12(2)6-4-3-5-7-12/h3-4H,5-7H2,1-2H3,(H,14,15). The van der Waals surface area contributed by atoms with Crippen molar-refractivity contribution < 1.29 is 14.3 Å². The largest absolute Gasteiger partial charge is 0.476 e. The van der Waals surface area contributed by atoms with E-state index in [9.17, 15) is 4.79 Å². The van der Waals surface area contributed by atoms with E-state index in [-0.39, 0.29) is 11.1 Å². The van der Waals surface area contributed by atoms with E-state index in [4.69, 9.17) is 9.52 Å². The maximum atomic E-state index is 10.9. The van der Waals surface area contributed by atoms with Gasteiger partial charge in [0.1, 0.15) is 5.76 Å². The molecule has 1 aromatic heterocycles. The van der Waals surface area contributed by atoms with Crippen LogP contribution in [0.15, 0.2) is 16.6 Å². The maximum absolute atomic E-state index is 10.9. The maximum Gasteiger partial charge on any atom is 0.358 e. The van der Waals surface area contributed by atoms with Crippen LogP contribution in [-0.2, 0) is 5.41 Å². The molecule has 2 rings (SSSR count). The number of nitrogens with zero attached hydrogens (tertiary/aromatic N) is 1. The summed E-state index contributed by atoms with van der Waals surface area (Å²) >= 11 is 0. The average Bonchev–Trinajstić information content (AvgIpc) is 2.62. The molecule has 1 aliphatic rings. The van der Waals surface area contributed by atoms with Crippen LogP contribution in [0.3, 0.4) is 0 Å². The van der Waals surface area contributed by atoms with Gasteiger partial charge >= 0.3 is 5.97 Å². The molecule has 0 aromatic carbocycles. The van der Waals surface area contributed by atoms with E-state index < -0.39 is 5.97 Å². The smallest absolute Gasteiger partial charge is 0.358 e. The van der Waals surface area contributed by atoms with Gasteiger partial charge in [-0.2, -0.15) is 0 Å². The van der Waals surface area contributed by atoms with Crippen LogP contribution >= 0.6 is 0 Å². The molecule has 4 nitrogen and oxygen atoms in total. The Morgan fingerprint density at radius 3 is 2.81 bits per heavy atom. The molecule has 1 atom stereocenters. The van der Waals surface area contributed by atoms with Gasteiger partial charge in [0.25, 0.3) is 0 Å². The van der Waals surface area contributed by atoms with Crippen LogP contribution in [0.25, 0.3) is 0 Å². The van der Waals surface area contributed by atoms with Crippen molar-refractivity contribution in [2.45, 2.75) is 38.5 Å². The first-order valence-corrected chi connectivity index (χ1v) is 5.39. The Hall–Kier alpha value is -1.58. The molecule has 16 heavy (non-hydrogen) atoms. The van der Waals surface area contributed by atoms with Gasteiger partial charge in [-0.3, -0.25) is 0 Å². The zero-order valence-corrected chi connectivity index (χ0v) is 9.49. The molecule has 0 radical (unpaired) electrons. The number of hydrogen-bond donors (Lipinski definition) is 1. The van der Waals surface area contributed by atoms with E-state index in [2.05, 4.69) is 24.1 Å². The van der Waals surface area contributed by atoms with Crippen LogP contribution in [-0.4, -0.2) is 16.1 Å². The fourth-order valence-corrected chi connectivity index (χ4v) is 2.01. The number of aromatic nitrogens is 1. The molecule has 0 spiro atoms. The van der Waals surface area contributed by atoms with Crippen LogP contribution in [0, 0.1) is 6.92 Å². The van der Waals surface area contributed by atoms with E-state index in [1.165, 1.54) is 0 Å². The number of oxazole rings is 1. The number of carboxylic acids is 1. The predicted octanol–water partition coefficient (Wildman–Crippen LogP) is 2.68. The van der Waals surface area contributed by atoms with Gasteiger partial charge in [-0.15, -0.1) is 0 Å². The zero-order valence-electron chi connectivity index (χ0n) is 9.49. The van der Waals surface area contributed by atoms with Gasteiger partial charge < -0.3 is 9.52 Å². The minimum absolute atomic E-state index is 0.0331. The van der Waals surface area contributed by atoms with E-state index >= 15 is 0 Å². The number of allylic oxidation sites excluding steroid dienone is 2. The van der Waals surface area contributed by atoms with Crippen molar-refractivity contribution in [2.24, 2.45) is 0 Å². The molecule has 4 heteroatoms. The van der Waals surface area contributed by atoms with Gasteiger partial charge in [0.05, 0.1) is 0 Å². The van der Waals surface area contributed by atoms with E-state index in [0.29, 0.717) is 11.7 Å². The van der Waals surface area contributed by atoms with Crippen LogP contribution in [0.4, 0.5) is 0 Å². The molecule has 1 aromatic rings.